The van der Waals surface area contributed by atoms with Crippen LogP contribution < -0.4 is 15.4 Å². The lowest BCUT2D eigenvalue weighted by atomic mass is 10.2. The molecule has 2 amide bonds. The molecule has 0 fully saturated rings. The maximum atomic E-state index is 12.4. The van der Waals surface area contributed by atoms with Gasteiger partial charge in [0, 0.05) is 11.8 Å². The summed E-state index contributed by atoms with van der Waals surface area (Å²) in [7, 11) is 0. The molecule has 0 spiro atoms. The Hall–Kier alpha value is -2.47. The van der Waals surface area contributed by atoms with Crippen molar-refractivity contribution in [1.82, 2.24) is 0 Å². The van der Waals surface area contributed by atoms with Crippen LogP contribution >= 0.6 is 11.8 Å². The van der Waals surface area contributed by atoms with Crippen LogP contribution in [0.3, 0.4) is 0 Å². The first-order chi connectivity index (χ1) is 11.5. The van der Waals surface area contributed by atoms with E-state index >= 15 is 0 Å². The number of amides is 2. The smallest absolute Gasteiger partial charge is 0.265 e. The van der Waals surface area contributed by atoms with Crippen LogP contribution in [0, 0.1) is 0 Å². The van der Waals surface area contributed by atoms with Gasteiger partial charge in [-0.3, -0.25) is 9.59 Å². The van der Waals surface area contributed by atoms with Crippen LogP contribution in [0.2, 0.25) is 0 Å². The molecule has 5 nitrogen and oxygen atoms in total. The van der Waals surface area contributed by atoms with Crippen molar-refractivity contribution >= 4 is 35.0 Å². The summed E-state index contributed by atoms with van der Waals surface area (Å²) < 4.78 is 5.72. The Morgan fingerprint density at radius 1 is 1.00 bits per heavy atom. The van der Waals surface area contributed by atoms with Gasteiger partial charge in [0.15, 0.2) is 6.10 Å². The van der Waals surface area contributed by atoms with Crippen LogP contribution in [-0.2, 0) is 9.59 Å². The third-order valence-corrected chi connectivity index (χ3v) is 4.03. The number of rotatable bonds is 6. The Morgan fingerprint density at radius 2 is 1.62 bits per heavy atom. The van der Waals surface area contributed by atoms with Crippen LogP contribution in [0.5, 0.6) is 5.75 Å². The topological polar surface area (TPSA) is 67.4 Å². The van der Waals surface area contributed by atoms with E-state index in [2.05, 4.69) is 10.6 Å². The molecule has 0 heterocycles. The second kappa shape index (κ2) is 8.40. The molecule has 2 N–H and O–H groups in total. The molecule has 0 bridgehead atoms. The van der Waals surface area contributed by atoms with Gasteiger partial charge in [-0.25, -0.2) is 0 Å². The summed E-state index contributed by atoms with van der Waals surface area (Å²) in [6.07, 6.45) is 1.24. The Morgan fingerprint density at radius 3 is 2.29 bits per heavy atom. The zero-order chi connectivity index (χ0) is 17.5. The summed E-state index contributed by atoms with van der Waals surface area (Å²) in [5.41, 5.74) is 1.29. The Kier molecular flexibility index (Phi) is 6.26. The molecule has 0 aliphatic rings. The lowest BCUT2D eigenvalue weighted by Crippen LogP contribution is -2.30. The minimum Gasteiger partial charge on any atom is -0.479 e. The van der Waals surface area contributed by atoms with Crippen LogP contribution in [0.4, 0.5) is 11.4 Å². The lowest BCUT2D eigenvalue weighted by Gasteiger charge is -2.18. The fraction of sp³-hybridized carbons (Fsp3) is 0.222. The molecular formula is C18H20N2O3S. The standard InChI is InChI=1S/C18H20N2O3S/c1-12(18(22)20-15-9-5-7-11-17(15)24-3)23-16-10-6-4-8-14(16)19-13(2)21/h4-12H,1-3H3,(H,19,21)(H,20,22)/t12-/m0/s1. The van der Waals surface area contributed by atoms with Gasteiger partial charge in [0.2, 0.25) is 5.91 Å². The zero-order valence-corrected chi connectivity index (χ0v) is 14.6. The molecule has 2 aromatic carbocycles. The molecule has 0 aliphatic heterocycles. The van der Waals surface area contributed by atoms with E-state index in [1.54, 1.807) is 43.0 Å². The van der Waals surface area contributed by atoms with Crippen LogP contribution in [0.1, 0.15) is 13.8 Å². The van der Waals surface area contributed by atoms with Crippen molar-refractivity contribution < 1.29 is 14.3 Å². The van der Waals surface area contributed by atoms with E-state index in [-0.39, 0.29) is 11.8 Å². The third kappa shape index (κ3) is 4.76. The predicted octanol–water partition coefficient (Wildman–Crippen LogP) is 3.77. The average molecular weight is 344 g/mol. The van der Waals surface area contributed by atoms with E-state index in [9.17, 15) is 9.59 Å². The molecule has 0 saturated carbocycles. The third-order valence-electron chi connectivity index (χ3n) is 3.24. The monoisotopic (exact) mass is 344 g/mol. The number of nitrogens with one attached hydrogen (secondary N) is 2. The minimum absolute atomic E-state index is 0.197. The number of benzene rings is 2. The number of carbonyl (C=O) groups excluding carboxylic acids is 2. The second-order valence-electron chi connectivity index (χ2n) is 5.13. The summed E-state index contributed by atoms with van der Waals surface area (Å²) in [6, 6.07) is 14.6. The molecular weight excluding hydrogens is 324 g/mol. The van der Waals surface area contributed by atoms with Crippen molar-refractivity contribution in [2.24, 2.45) is 0 Å². The summed E-state index contributed by atoms with van der Waals surface area (Å²) in [6.45, 7) is 3.09. The molecule has 0 aromatic heterocycles. The fourth-order valence-electron chi connectivity index (χ4n) is 2.09. The molecule has 6 heteroatoms. The van der Waals surface area contributed by atoms with E-state index in [0.717, 1.165) is 10.6 Å². The lowest BCUT2D eigenvalue weighted by molar-refractivity contribution is -0.122. The fourth-order valence-corrected chi connectivity index (χ4v) is 2.64. The van der Waals surface area contributed by atoms with E-state index in [1.807, 2.05) is 30.5 Å². The van der Waals surface area contributed by atoms with Crippen LogP contribution in [0.15, 0.2) is 53.4 Å². The first kappa shape index (κ1) is 17.9. The Labute approximate surface area is 145 Å². The van der Waals surface area contributed by atoms with Crippen molar-refractivity contribution in [3.63, 3.8) is 0 Å². The number of hydrogen-bond acceptors (Lipinski definition) is 4. The first-order valence-electron chi connectivity index (χ1n) is 7.48. The molecule has 0 aliphatic carbocycles. The summed E-state index contributed by atoms with van der Waals surface area (Å²) in [4.78, 5) is 24.6. The Balaban J connectivity index is 2.08. The number of carbonyl (C=O) groups is 2. The Bertz CT molecular complexity index is 734. The van der Waals surface area contributed by atoms with Crippen molar-refractivity contribution in [1.29, 1.82) is 0 Å². The highest BCUT2D eigenvalue weighted by Crippen LogP contribution is 2.27. The average Bonchev–Trinajstić information content (AvgIpc) is 2.56. The maximum Gasteiger partial charge on any atom is 0.265 e. The molecule has 0 saturated heterocycles. The SMILES string of the molecule is CSc1ccccc1NC(=O)[C@H](C)Oc1ccccc1NC(C)=O. The van der Waals surface area contributed by atoms with Gasteiger partial charge in [0.25, 0.3) is 5.91 Å². The van der Waals surface area contributed by atoms with Gasteiger partial charge < -0.3 is 15.4 Å². The number of ether oxygens (including phenoxy) is 1. The largest absolute Gasteiger partial charge is 0.479 e. The van der Waals surface area contributed by atoms with E-state index < -0.39 is 6.10 Å². The summed E-state index contributed by atoms with van der Waals surface area (Å²) in [5.74, 6) is -0.000294. The molecule has 2 rings (SSSR count). The van der Waals surface area contributed by atoms with Crippen LogP contribution in [0.25, 0.3) is 0 Å². The second-order valence-corrected chi connectivity index (χ2v) is 5.98. The molecule has 24 heavy (non-hydrogen) atoms. The van der Waals surface area contributed by atoms with Gasteiger partial charge in [-0.15, -0.1) is 11.8 Å². The van der Waals surface area contributed by atoms with E-state index in [1.165, 1.54) is 6.92 Å². The zero-order valence-electron chi connectivity index (χ0n) is 13.8. The quantitative estimate of drug-likeness (QED) is 0.783. The summed E-state index contributed by atoms with van der Waals surface area (Å²) >= 11 is 1.56. The van der Waals surface area contributed by atoms with Crippen molar-refractivity contribution in [2.75, 3.05) is 16.9 Å². The number of anilines is 2. The van der Waals surface area contributed by atoms with E-state index in [4.69, 9.17) is 4.74 Å². The van der Waals surface area contributed by atoms with Gasteiger partial charge in [-0.2, -0.15) is 0 Å². The summed E-state index contributed by atoms with van der Waals surface area (Å²) in [5, 5.41) is 5.56. The molecule has 2 aromatic rings. The van der Waals surface area contributed by atoms with Gasteiger partial charge in [-0.05, 0) is 37.4 Å². The predicted molar refractivity (Wildman–Crippen MR) is 97.7 cm³/mol. The molecule has 0 unspecified atom stereocenters. The highest BCUT2D eigenvalue weighted by molar-refractivity contribution is 7.98. The van der Waals surface area contributed by atoms with E-state index in [0.29, 0.717) is 11.4 Å². The number of para-hydroxylation sites is 3. The normalized spacial score (nSPS) is 11.5. The highest BCUT2D eigenvalue weighted by Gasteiger charge is 2.17. The van der Waals surface area contributed by atoms with Gasteiger partial charge in [0.1, 0.15) is 5.75 Å². The molecule has 1 atom stereocenters. The van der Waals surface area contributed by atoms with Crippen molar-refractivity contribution in [3.05, 3.63) is 48.5 Å². The number of hydrogen-bond donors (Lipinski definition) is 2. The minimum atomic E-state index is -0.713. The van der Waals surface area contributed by atoms with Gasteiger partial charge in [0.05, 0.1) is 11.4 Å². The maximum absolute atomic E-state index is 12.4. The van der Waals surface area contributed by atoms with Crippen LogP contribution in [-0.4, -0.2) is 24.2 Å². The molecule has 0 radical (unpaired) electrons. The first-order valence-corrected chi connectivity index (χ1v) is 8.71. The highest BCUT2D eigenvalue weighted by atomic mass is 32.2. The molecule has 126 valence electrons. The van der Waals surface area contributed by atoms with Gasteiger partial charge in [-0.1, -0.05) is 24.3 Å². The van der Waals surface area contributed by atoms with Crippen molar-refractivity contribution in [3.8, 4) is 5.75 Å². The van der Waals surface area contributed by atoms with Crippen molar-refractivity contribution in [2.45, 2.75) is 24.8 Å². The number of thioether (sulfide) groups is 1. The van der Waals surface area contributed by atoms with Gasteiger partial charge >= 0.3 is 0 Å².